The van der Waals surface area contributed by atoms with Crippen molar-refractivity contribution >= 4 is 23.6 Å². The first-order valence-electron chi connectivity index (χ1n) is 9.67. The molecule has 0 aliphatic carbocycles. The van der Waals surface area contributed by atoms with E-state index in [1.54, 1.807) is 43.3 Å². The third-order valence-electron chi connectivity index (χ3n) is 4.37. The molecule has 2 aromatic rings. The van der Waals surface area contributed by atoms with Gasteiger partial charge in [0, 0.05) is 19.4 Å². The fourth-order valence-corrected chi connectivity index (χ4v) is 3.10. The van der Waals surface area contributed by atoms with Crippen LogP contribution in [0.3, 0.4) is 0 Å². The van der Waals surface area contributed by atoms with Gasteiger partial charge in [-0.3, -0.25) is 19.2 Å². The van der Waals surface area contributed by atoms with Crippen LogP contribution in [0.25, 0.3) is 0 Å². The van der Waals surface area contributed by atoms with Gasteiger partial charge in [-0.15, -0.1) is 0 Å². The van der Waals surface area contributed by atoms with E-state index in [4.69, 9.17) is 14.2 Å². The minimum atomic E-state index is -1.34. The van der Waals surface area contributed by atoms with Crippen molar-refractivity contribution in [2.45, 2.75) is 26.8 Å². The van der Waals surface area contributed by atoms with Gasteiger partial charge in [0.25, 0.3) is 0 Å². The summed E-state index contributed by atoms with van der Waals surface area (Å²) in [7, 11) is 1.39. The van der Waals surface area contributed by atoms with Gasteiger partial charge in [-0.25, -0.2) is 0 Å². The Balaban J connectivity index is 2.58. The molecule has 1 N–H and O–H groups in total. The van der Waals surface area contributed by atoms with Gasteiger partial charge in [0.1, 0.15) is 5.92 Å². The van der Waals surface area contributed by atoms with E-state index in [-0.39, 0.29) is 18.1 Å². The molecule has 0 fully saturated rings. The Hall–Kier alpha value is -3.68. The summed E-state index contributed by atoms with van der Waals surface area (Å²) in [6, 6.07) is 11.8. The monoisotopic (exact) mass is 427 g/mol. The molecular formula is C23H25NO7. The summed E-state index contributed by atoms with van der Waals surface area (Å²) in [4.78, 5) is 49.4. The molecule has 0 spiro atoms. The molecule has 2 aromatic carbocycles. The second-order valence-electron chi connectivity index (χ2n) is 6.64. The highest BCUT2D eigenvalue weighted by molar-refractivity contribution is 6.09. The molecule has 0 heterocycles. The quantitative estimate of drug-likeness (QED) is 0.284. The summed E-state index contributed by atoms with van der Waals surface area (Å²) in [6.45, 7) is 4.24. The molecule has 0 aliphatic heterocycles. The van der Waals surface area contributed by atoms with Crippen LogP contribution < -0.4 is 14.8 Å². The van der Waals surface area contributed by atoms with Crippen LogP contribution in [-0.2, 0) is 19.1 Å². The van der Waals surface area contributed by atoms with Crippen LogP contribution in [0.4, 0.5) is 0 Å². The Kier molecular flexibility index (Phi) is 8.31. The smallest absolute Gasteiger partial charge is 0.319 e. The molecule has 2 unspecified atom stereocenters. The molecule has 31 heavy (non-hydrogen) atoms. The minimum Gasteiger partial charge on any atom is -0.493 e. The van der Waals surface area contributed by atoms with Gasteiger partial charge in [-0.1, -0.05) is 36.4 Å². The van der Waals surface area contributed by atoms with Gasteiger partial charge in [-0.2, -0.15) is 0 Å². The van der Waals surface area contributed by atoms with Crippen LogP contribution in [0.2, 0.25) is 0 Å². The van der Waals surface area contributed by atoms with Crippen molar-refractivity contribution in [3.8, 4) is 11.5 Å². The number of benzene rings is 2. The molecule has 8 heteroatoms. The van der Waals surface area contributed by atoms with E-state index < -0.39 is 35.6 Å². The fourth-order valence-electron chi connectivity index (χ4n) is 3.10. The molecule has 0 saturated carbocycles. The lowest BCUT2D eigenvalue weighted by Crippen LogP contribution is -2.41. The maximum Gasteiger partial charge on any atom is 0.319 e. The molecule has 2 atom stereocenters. The van der Waals surface area contributed by atoms with E-state index >= 15 is 0 Å². The van der Waals surface area contributed by atoms with E-state index in [0.717, 1.165) is 0 Å². The topological polar surface area (TPSA) is 108 Å². The summed E-state index contributed by atoms with van der Waals surface area (Å²) < 4.78 is 15.5. The van der Waals surface area contributed by atoms with Crippen molar-refractivity contribution in [3.05, 3.63) is 59.7 Å². The summed E-state index contributed by atoms with van der Waals surface area (Å²) >= 11 is 0. The molecule has 1 amide bonds. The lowest BCUT2D eigenvalue weighted by Gasteiger charge is -2.26. The van der Waals surface area contributed by atoms with Gasteiger partial charge in [0.2, 0.25) is 5.91 Å². The lowest BCUT2D eigenvalue weighted by atomic mass is 9.86. The number of hydrogen-bond donors (Lipinski definition) is 1. The average Bonchev–Trinajstić information content (AvgIpc) is 2.73. The Labute approximate surface area is 180 Å². The molecule has 2 rings (SSSR count). The molecule has 0 bridgehead atoms. The normalized spacial score (nSPS) is 12.3. The van der Waals surface area contributed by atoms with Crippen molar-refractivity contribution in [2.24, 2.45) is 5.92 Å². The summed E-state index contributed by atoms with van der Waals surface area (Å²) in [5.41, 5.74) is 0.713. The average molecular weight is 427 g/mol. The molecule has 0 aromatic heterocycles. The Morgan fingerprint density at radius 1 is 0.968 bits per heavy atom. The van der Waals surface area contributed by atoms with Crippen molar-refractivity contribution in [1.82, 2.24) is 5.32 Å². The number of carbonyl (C=O) groups is 4. The van der Waals surface area contributed by atoms with E-state index in [2.05, 4.69) is 5.32 Å². The number of rotatable bonds is 9. The SMILES string of the molecule is CCOC(=O)C(C(=O)c1ccccc1)C(NC(C)=O)c1ccc(OC(C)=O)c(OC)c1. The Bertz CT molecular complexity index is 956. The zero-order chi connectivity index (χ0) is 23.0. The van der Waals surface area contributed by atoms with Crippen molar-refractivity contribution < 1.29 is 33.4 Å². The number of esters is 2. The Morgan fingerprint density at radius 3 is 2.19 bits per heavy atom. The fraction of sp³-hybridized carbons (Fsp3) is 0.304. The third kappa shape index (κ3) is 6.15. The lowest BCUT2D eigenvalue weighted by molar-refractivity contribution is -0.147. The molecule has 0 aliphatic rings. The van der Waals surface area contributed by atoms with E-state index in [9.17, 15) is 19.2 Å². The molecule has 164 valence electrons. The zero-order valence-electron chi connectivity index (χ0n) is 17.8. The number of hydrogen-bond acceptors (Lipinski definition) is 7. The first-order valence-corrected chi connectivity index (χ1v) is 9.67. The molecule has 8 nitrogen and oxygen atoms in total. The van der Waals surface area contributed by atoms with Gasteiger partial charge in [0.15, 0.2) is 17.3 Å². The summed E-state index contributed by atoms with van der Waals surface area (Å²) in [5.74, 6) is -3.20. The number of methoxy groups -OCH3 is 1. The predicted molar refractivity (Wildman–Crippen MR) is 112 cm³/mol. The molecule has 0 radical (unpaired) electrons. The highest BCUT2D eigenvalue weighted by Gasteiger charge is 2.38. The van der Waals surface area contributed by atoms with Crippen molar-refractivity contribution in [1.29, 1.82) is 0 Å². The van der Waals surface area contributed by atoms with E-state index in [0.29, 0.717) is 11.1 Å². The predicted octanol–water partition coefficient (Wildman–Crippen LogP) is 2.86. The minimum absolute atomic E-state index is 0.0684. The van der Waals surface area contributed by atoms with Crippen LogP contribution in [0, 0.1) is 5.92 Å². The standard InChI is InChI=1S/C23H25NO7/c1-5-30-23(28)20(22(27)16-9-7-6-8-10-16)21(24-14(2)25)17-11-12-18(31-15(3)26)19(13-17)29-4/h6-13,20-21H,5H2,1-4H3,(H,24,25). The number of ether oxygens (including phenoxy) is 3. The molecular weight excluding hydrogens is 402 g/mol. The maximum atomic E-state index is 13.3. The summed E-state index contributed by atoms with van der Waals surface area (Å²) in [6.07, 6.45) is 0. The van der Waals surface area contributed by atoms with Crippen molar-refractivity contribution in [3.63, 3.8) is 0 Å². The van der Waals surface area contributed by atoms with Gasteiger partial charge in [-0.05, 0) is 24.6 Å². The van der Waals surface area contributed by atoms with Crippen LogP contribution in [-0.4, -0.2) is 37.3 Å². The van der Waals surface area contributed by atoms with Crippen LogP contribution in [0.1, 0.15) is 42.7 Å². The second-order valence-corrected chi connectivity index (χ2v) is 6.64. The largest absolute Gasteiger partial charge is 0.493 e. The van der Waals surface area contributed by atoms with Crippen molar-refractivity contribution in [2.75, 3.05) is 13.7 Å². The third-order valence-corrected chi connectivity index (χ3v) is 4.37. The summed E-state index contributed by atoms with van der Waals surface area (Å²) in [5, 5.41) is 2.67. The second kappa shape index (κ2) is 10.9. The highest BCUT2D eigenvalue weighted by Crippen LogP contribution is 2.34. The highest BCUT2D eigenvalue weighted by atomic mass is 16.6. The number of nitrogens with one attached hydrogen (secondary N) is 1. The molecule has 0 saturated heterocycles. The van der Waals surface area contributed by atoms with Gasteiger partial charge >= 0.3 is 11.9 Å². The number of carbonyl (C=O) groups excluding carboxylic acids is 4. The zero-order valence-corrected chi connectivity index (χ0v) is 17.8. The van der Waals surface area contributed by atoms with E-state index in [1.807, 2.05) is 0 Å². The first kappa shape index (κ1) is 23.6. The van der Waals surface area contributed by atoms with E-state index in [1.165, 1.54) is 33.1 Å². The first-order chi connectivity index (χ1) is 14.8. The van der Waals surface area contributed by atoms with Crippen LogP contribution >= 0.6 is 0 Å². The van der Waals surface area contributed by atoms with Gasteiger partial charge < -0.3 is 19.5 Å². The maximum absolute atomic E-state index is 13.3. The number of amides is 1. The number of Topliss-reactive ketones (excluding diaryl/α,β-unsaturated/α-hetero) is 1. The Morgan fingerprint density at radius 2 is 1.65 bits per heavy atom. The van der Waals surface area contributed by atoms with Crippen LogP contribution in [0.5, 0.6) is 11.5 Å². The van der Waals surface area contributed by atoms with Crippen LogP contribution in [0.15, 0.2) is 48.5 Å². The number of ketones is 1. The van der Waals surface area contributed by atoms with Gasteiger partial charge in [0.05, 0.1) is 19.8 Å².